The van der Waals surface area contributed by atoms with Crippen LogP contribution in [0.25, 0.3) is 21.5 Å². The number of hydrogen-bond acceptors (Lipinski definition) is 6. The van der Waals surface area contributed by atoms with Crippen molar-refractivity contribution in [3.8, 4) is 5.75 Å². The molecule has 0 heterocycles. The number of nitrogens with zero attached hydrogens (tertiary/aromatic N) is 2. The highest BCUT2D eigenvalue weighted by Crippen LogP contribution is 2.38. The van der Waals surface area contributed by atoms with Crippen LogP contribution in [0.4, 0.5) is 11.4 Å². The first-order chi connectivity index (χ1) is 13.4. The Bertz CT molecular complexity index is 1360. The van der Waals surface area contributed by atoms with Gasteiger partial charge in [-0.05, 0) is 36.1 Å². The summed E-state index contributed by atoms with van der Waals surface area (Å²) >= 11 is 0. The summed E-state index contributed by atoms with van der Waals surface area (Å²) in [6, 6.07) is 18.4. The number of rotatable bonds is 3. The van der Waals surface area contributed by atoms with E-state index in [0.29, 0.717) is 22.1 Å². The van der Waals surface area contributed by atoms with E-state index in [1.807, 2.05) is 25.1 Å². The van der Waals surface area contributed by atoms with Crippen LogP contribution in [-0.4, -0.2) is 18.1 Å². The van der Waals surface area contributed by atoms with Crippen LogP contribution in [0.2, 0.25) is 0 Å². The quantitative estimate of drug-likeness (QED) is 0.377. The molecule has 0 aromatic heterocycles. The molecule has 0 aliphatic heterocycles. The van der Waals surface area contributed by atoms with Crippen molar-refractivity contribution in [2.24, 2.45) is 10.2 Å². The Morgan fingerprint density at radius 1 is 0.786 bits per heavy atom. The third kappa shape index (κ3) is 3.11. The molecule has 4 aromatic rings. The third-order valence-corrected chi connectivity index (χ3v) is 5.49. The fraction of sp³-hybridized carbons (Fsp3) is 0.0476. The summed E-state index contributed by atoms with van der Waals surface area (Å²) in [5.74, 6) is 0.0213. The minimum absolute atomic E-state index is 0.0213. The molecule has 4 rings (SSSR count). The first kappa shape index (κ1) is 18.1. The summed E-state index contributed by atoms with van der Waals surface area (Å²) in [6.45, 7) is 1.92. The van der Waals surface area contributed by atoms with Gasteiger partial charge in [-0.1, -0.05) is 48.5 Å². The first-order valence-corrected chi connectivity index (χ1v) is 9.88. The van der Waals surface area contributed by atoms with E-state index in [-0.39, 0.29) is 16.0 Å². The average molecular weight is 391 g/mol. The smallest absolute Gasteiger partial charge is 0.150 e. The summed E-state index contributed by atoms with van der Waals surface area (Å²) in [7, 11) is -4.61. The molecule has 0 atom stereocenters. The lowest BCUT2D eigenvalue weighted by atomic mass is 10.0. The molecule has 6 nitrogen and oxygen atoms in total. The molecule has 0 aliphatic carbocycles. The van der Waals surface area contributed by atoms with E-state index in [1.54, 1.807) is 36.4 Å². The molecule has 0 unspecified atom stereocenters. The van der Waals surface area contributed by atoms with Gasteiger partial charge in [-0.2, -0.15) is 0 Å². The van der Waals surface area contributed by atoms with Gasteiger partial charge in [0.2, 0.25) is 0 Å². The fourth-order valence-corrected chi connectivity index (χ4v) is 3.95. The molecule has 0 saturated carbocycles. The summed E-state index contributed by atoms with van der Waals surface area (Å²) in [4.78, 5) is -0.300. The van der Waals surface area contributed by atoms with Gasteiger partial charge in [-0.15, -0.1) is 10.2 Å². The molecule has 0 spiro atoms. The van der Waals surface area contributed by atoms with Crippen molar-refractivity contribution in [1.82, 2.24) is 0 Å². The number of phenols is 1. The Balaban J connectivity index is 1.87. The van der Waals surface area contributed by atoms with Crippen LogP contribution in [0.1, 0.15) is 5.56 Å². The normalized spacial score (nSPS) is 12.2. The number of benzene rings is 4. The van der Waals surface area contributed by atoms with Gasteiger partial charge in [0.05, 0.1) is 10.6 Å². The van der Waals surface area contributed by atoms with Crippen molar-refractivity contribution in [3.05, 3.63) is 72.3 Å². The monoisotopic (exact) mass is 391 g/mol. The Morgan fingerprint density at radius 2 is 1.36 bits per heavy atom. The molecule has 7 heteroatoms. The topological polar surface area (TPSA) is 102 Å². The Labute approximate surface area is 161 Å². The molecule has 140 valence electrons. The van der Waals surface area contributed by atoms with E-state index in [0.717, 1.165) is 10.9 Å². The molecular weight excluding hydrogens is 376 g/mol. The number of aromatic hydroxyl groups is 1. The Kier molecular flexibility index (Phi) is 4.33. The van der Waals surface area contributed by atoms with Gasteiger partial charge in [0.25, 0.3) is 0 Å². The van der Waals surface area contributed by atoms with Crippen LogP contribution in [0.5, 0.6) is 5.75 Å². The second kappa shape index (κ2) is 6.70. The molecule has 0 radical (unpaired) electrons. The van der Waals surface area contributed by atoms with Crippen molar-refractivity contribution >= 4 is 43.0 Å². The van der Waals surface area contributed by atoms with Crippen LogP contribution >= 0.6 is 0 Å². The van der Waals surface area contributed by atoms with E-state index in [9.17, 15) is 18.1 Å². The molecule has 0 bridgehead atoms. The SMILES string of the molecule is Cc1cc(N=Nc2ccc(S(=O)(=O)[O-])c3ccccc23)c(O)c2ccccc12. The van der Waals surface area contributed by atoms with E-state index in [4.69, 9.17) is 0 Å². The average Bonchev–Trinajstić information content (AvgIpc) is 2.68. The van der Waals surface area contributed by atoms with Gasteiger partial charge in [0.15, 0.2) is 5.75 Å². The predicted molar refractivity (Wildman–Crippen MR) is 106 cm³/mol. The zero-order valence-corrected chi connectivity index (χ0v) is 15.6. The van der Waals surface area contributed by atoms with Crippen LogP contribution in [0, 0.1) is 6.92 Å². The summed E-state index contributed by atoms with van der Waals surface area (Å²) in [6.07, 6.45) is 0. The highest BCUT2D eigenvalue weighted by Gasteiger charge is 2.11. The number of phenolic OH excluding ortho intramolecular Hbond substituents is 1. The van der Waals surface area contributed by atoms with E-state index >= 15 is 0 Å². The maximum Gasteiger partial charge on any atom is 0.150 e. The Morgan fingerprint density at radius 3 is 2.04 bits per heavy atom. The summed E-state index contributed by atoms with van der Waals surface area (Å²) in [5.41, 5.74) is 1.65. The van der Waals surface area contributed by atoms with Gasteiger partial charge in [0, 0.05) is 16.2 Å². The van der Waals surface area contributed by atoms with Crippen LogP contribution in [0.3, 0.4) is 0 Å². The maximum atomic E-state index is 11.5. The summed E-state index contributed by atoms with van der Waals surface area (Å²) < 4.78 is 34.5. The second-order valence-corrected chi connectivity index (χ2v) is 7.74. The fourth-order valence-electron chi connectivity index (χ4n) is 3.27. The lowest BCUT2D eigenvalue weighted by Gasteiger charge is -2.11. The minimum Gasteiger partial charge on any atom is -0.744 e. The Hall–Kier alpha value is -3.29. The van der Waals surface area contributed by atoms with Gasteiger partial charge in [-0.25, -0.2) is 8.42 Å². The minimum atomic E-state index is -4.61. The lowest BCUT2D eigenvalue weighted by molar-refractivity contribution is 0.464. The van der Waals surface area contributed by atoms with Crippen molar-refractivity contribution in [3.63, 3.8) is 0 Å². The largest absolute Gasteiger partial charge is 0.744 e. The van der Waals surface area contributed by atoms with E-state index in [1.165, 1.54) is 12.1 Å². The molecule has 0 fully saturated rings. The van der Waals surface area contributed by atoms with Gasteiger partial charge in [-0.3, -0.25) is 0 Å². The van der Waals surface area contributed by atoms with Crippen LogP contribution in [0.15, 0.2) is 81.9 Å². The molecule has 4 aromatic carbocycles. The van der Waals surface area contributed by atoms with Gasteiger partial charge in [0.1, 0.15) is 15.8 Å². The molecule has 0 amide bonds. The van der Waals surface area contributed by atoms with Crippen molar-refractivity contribution in [2.75, 3.05) is 0 Å². The zero-order valence-electron chi connectivity index (χ0n) is 14.8. The standard InChI is InChI=1S/C21H16N2O4S/c1-13-12-19(21(24)17-9-5-2-6-14(13)17)23-22-18-10-11-20(28(25,26)27)16-8-4-3-7-15(16)18/h2-12,24H,1H3,(H,25,26,27)/p-1. The predicted octanol–water partition coefficient (Wildman–Crippen LogP) is 5.33. The molecule has 0 saturated heterocycles. The lowest BCUT2D eigenvalue weighted by Crippen LogP contribution is -1.99. The van der Waals surface area contributed by atoms with Gasteiger partial charge < -0.3 is 9.66 Å². The molecule has 28 heavy (non-hydrogen) atoms. The first-order valence-electron chi connectivity index (χ1n) is 8.47. The molecular formula is C21H15N2O4S-. The van der Waals surface area contributed by atoms with Crippen molar-refractivity contribution < 1.29 is 18.1 Å². The number of azo groups is 1. The number of aryl methyl sites for hydroxylation is 1. The molecule has 1 N–H and O–H groups in total. The highest BCUT2D eigenvalue weighted by atomic mass is 32.2. The second-order valence-electron chi connectivity index (χ2n) is 6.39. The maximum absolute atomic E-state index is 11.5. The van der Waals surface area contributed by atoms with Crippen LogP contribution < -0.4 is 0 Å². The molecule has 0 aliphatic rings. The van der Waals surface area contributed by atoms with E-state index in [2.05, 4.69) is 10.2 Å². The van der Waals surface area contributed by atoms with E-state index < -0.39 is 10.1 Å². The number of fused-ring (bicyclic) bond motifs is 2. The third-order valence-electron chi connectivity index (χ3n) is 4.60. The number of hydrogen-bond donors (Lipinski definition) is 1. The van der Waals surface area contributed by atoms with Gasteiger partial charge >= 0.3 is 0 Å². The van der Waals surface area contributed by atoms with Crippen molar-refractivity contribution in [2.45, 2.75) is 11.8 Å². The highest BCUT2D eigenvalue weighted by molar-refractivity contribution is 7.86. The van der Waals surface area contributed by atoms with Crippen molar-refractivity contribution in [1.29, 1.82) is 0 Å². The summed E-state index contributed by atoms with van der Waals surface area (Å²) in [5, 5.41) is 21.3. The zero-order chi connectivity index (χ0) is 19.9. The van der Waals surface area contributed by atoms with Crippen LogP contribution in [-0.2, 0) is 10.1 Å².